The Morgan fingerprint density at radius 2 is 2.03 bits per heavy atom. The molecule has 0 atom stereocenters. The van der Waals surface area contributed by atoms with E-state index in [4.69, 9.17) is 26.6 Å². The lowest BCUT2D eigenvalue weighted by atomic mass is 9.95. The van der Waals surface area contributed by atoms with Crippen LogP contribution in [0.4, 0.5) is 4.39 Å². The van der Waals surface area contributed by atoms with Crippen LogP contribution in [-0.2, 0) is 11.2 Å². The van der Waals surface area contributed by atoms with Gasteiger partial charge in [0.25, 0.3) is 0 Å². The minimum Gasteiger partial charge on any atom is -0.494 e. The van der Waals surface area contributed by atoms with Crippen molar-refractivity contribution in [2.45, 2.75) is 52.5 Å². The van der Waals surface area contributed by atoms with E-state index < -0.39 is 5.82 Å². The van der Waals surface area contributed by atoms with Crippen LogP contribution in [0.2, 0.25) is 5.02 Å². The third kappa shape index (κ3) is 6.80. The second-order valence-electron chi connectivity index (χ2n) is 10.2. The zero-order valence-corrected chi connectivity index (χ0v) is 22.9. The van der Waals surface area contributed by atoms with Gasteiger partial charge in [0.2, 0.25) is 5.91 Å². The summed E-state index contributed by atoms with van der Waals surface area (Å²) >= 11 is 6.08. The van der Waals surface area contributed by atoms with Crippen molar-refractivity contribution < 1.29 is 13.9 Å². The van der Waals surface area contributed by atoms with E-state index in [1.54, 1.807) is 12.1 Å². The lowest BCUT2D eigenvalue weighted by Crippen LogP contribution is -2.34. The Kier molecular flexibility index (Phi) is 9.19. The van der Waals surface area contributed by atoms with Crippen LogP contribution < -0.4 is 10.1 Å². The van der Waals surface area contributed by atoms with Gasteiger partial charge in [-0.2, -0.15) is 5.26 Å². The molecule has 2 aromatic carbocycles. The molecular weight excluding hydrogens is 503 g/mol. The molecule has 0 aliphatic carbocycles. The number of rotatable bonds is 9. The van der Waals surface area contributed by atoms with Crippen LogP contribution in [0.15, 0.2) is 36.4 Å². The standard InChI is InChI=1S/C30H34ClFN4O2/c1-19(2)34-29(37)17-25-20(3)24-16-23(38-14-4-11-36-12-9-21(18-33)10-13-36)6-8-28(24)35-30(25)22-5-7-27(32)26(31)15-22/h5-8,15-16,19,21H,4,9-14,17H2,1-3H3,(H,34,37). The number of benzene rings is 2. The Labute approximate surface area is 228 Å². The summed E-state index contributed by atoms with van der Waals surface area (Å²) in [5.74, 6) is 0.338. The maximum Gasteiger partial charge on any atom is 0.224 e. The number of aryl methyl sites for hydroxylation is 1. The highest BCUT2D eigenvalue weighted by Gasteiger charge is 2.20. The van der Waals surface area contributed by atoms with Crippen molar-refractivity contribution in [2.24, 2.45) is 5.92 Å². The summed E-state index contributed by atoms with van der Waals surface area (Å²) in [5.41, 5.74) is 3.74. The Bertz CT molecular complexity index is 1350. The van der Waals surface area contributed by atoms with Gasteiger partial charge in [0.15, 0.2) is 0 Å². The van der Waals surface area contributed by atoms with Crippen LogP contribution in [0, 0.1) is 30.0 Å². The van der Waals surface area contributed by atoms with Gasteiger partial charge >= 0.3 is 0 Å². The van der Waals surface area contributed by atoms with E-state index in [0.717, 1.165) is 66.7 Å². The van der Waals surface area contributed by atoms with Crippen LogP contribution in [0.5, 0.6) is 5.75 Å². The fourth-order valence-corrected chi connectivity index (χ4v) is 5.11. The van der Waals surface area contributed by atoms with Crippen molar-refractivity contribution >= 4 is 28.4 Å². The molecule has 1 fully saturated rings. The van der Waals surface area contributed by atoms with Crippen molar-refractivity contribution in [1.29, 1.82) is 5.26 Å². The van der Waals surface area contributed by atoms with Gasteiger partial charge in [0, 0.05) is 29.5 Å². The van der Waals surface area contributed by atoms with Gasteiger partial charge in [-0.05, 0) is 101 Å². The molecule has 0 unspecified atom stereocenters. The van der Waals surface area contributed by atoms with Crippen molar-refractivity contribution in [3.63, 3.8) is 0 Å². The van der Waals surface area contributed by atoms with Crippen molar-refractivity contribution in [2.75, 3.05) is 26.2 Å². The molecule has 0 bridgehead atoms. The molecule has 38 heavy (non-hydrogen) atoms. The van der Waals surface area contributed by atoms with Crippen LogP contribution in [0.1, 0.15) is 44.2 Å². The molecular formula is C30H34ClFN4O2. The predicted molar refractivity (Wildman–Crippen MR) is 149 cm³/mol. The fraction of sp³-hybridized carbons (Fsp3) is 0.433. The highest BCUT2D eigenvalue weighted by molar-refractivity contribution is 6.31. The number of carbonyl (C=O) groups excluding carboxylic acids is 1. The monoisotopic (exact) mass is 536 g/mol. The molecule has 0 spiro atoms. The Hall–Kier alpha value is -3.21. The fourth-order valence-electron chi connectivity index (χ4n) is 4.93. The Balaban J connectivity index is 1.55. The number of hydrogen-bond donors (Lipinski definition) is 1. The SMILES string of the molecule is Cc1c(CC(=O)NC(C)C)c(-c2ccc(F)c(Cl)c2)nc2ccc(OCCCN3CCC(C#N)CC3)cc12. The summed E-state index contributed by atoms with van der Waals surface area (Å²) in [4.78, 5) is 20.0. The number of nitrogens with zero attached hydrogens (tertiary/aromatic N) is 3. The van der Waals surface area contributed by atoms with E-state index in [1.165, 1.54) is 6.07 Å². The van der Waals surface area contributed by atoms with E-state index >= 15 is 0 Å². The van der Waals surface area contributed by atoms with Gasteiger partial charge in [-0.1, -0.05) is 11.6 Å². The van der Waals surface area contributed by atoms with E-state index in [2.05, 4.69) is 16.3 Å². The number of aromatic nitrogens is 1. The van der Waals surface area contributed by atoms with E-state index in [1.807, 2.05) is 39.0 Å². The molecule has 3 aromatic rings. The molecule has 0 radical (unpaired) electrons. The summed E-state index contributed by atoms with van der Waals surface area (Å²) in [6, 6.07) is 12.7. The largest absolute Gasteiger partial charge is 0.494 e. The van der Waals surface area contributed by atoms with Gasteiger partial charge < -0.3 is 15.0 Å². The zero-order chi connectivity index (χ0) is 27.2. The molecule has 1 N–H and O–H groups in total. The van der Waals surface area contributed by atoms with Crippen LogP contribution in [0.25, 0.3) is 22.2 Å². The highest BCUT2D eigenvalue weighted by atomic mass is 35.5. The molecule has 1 aromatic heterocycles. The summed E-state index contributed by atoms with van der Waals surface area (Å²) in [6.45, 7) is 9.29. The van der Waals surface area contributed by atoms with Crippen molar-refractivity contribution in [3.8, 4) is 23.1 Å². The van der Waals surface area contributed by atoms with Gasteiger partial charge in [-0.15, -0.1) is 0 Å². The Morgan fingerprint density at radius 1 is 1.26 bits per heavy atom. The number of piperidine rings is 1. The van der Waals surface area contributed by atoms with Crippen molar-refractivity contribution in [3.05, 3.63) is 58.4 Å². The minimum absolute atomic E-state index is 0.0117. The zero-order valence-electron chi connectivity index (χ0n) is 22.2. The van der Waals surface area contributed by atoms with E-state index in [9.17, 15) is 9.18 Å². The number of fused-ring (bicyclic) bond motifs is 1. The maximum atomic E-state index is 13.9. The van der Waals surface area contributed by atoms with Gasteiger partial charge in [-0.3, -0.25) is 4.79 Å². The smallest absolute Gasteiger partial charge is 0.224 e. The van der Waals surface area contributed by atoms with E-state index in [0.29, 0.717) is 17.9 Å². The van der Waals surface area contributed by atoms with Gasteiger partial charge in [0.1, 0.15) is 11.6 Å². The predicted octanol–water partition coefficient (Wildman–Crippen LogP) is 6.07. The first kappa shape index (κ1) is 27.8. The molecule has 1 saturated heterocycles. The molecule has 2 heterocycles. The molecule has 8 heteroatoms. The molecule has 1 aliphatic heterocycles. The van der Waals surface area contributed by atoms with Crippen LogP contribution >= 0.6 is 11.6 Å². The third-order valence-corrected chi connectivity index (χ3v) is 7.27. The highest BCUT2D eigenvalue weighted by Crippen LogP contribution is 2.33. The number of carbonyl (C=O) groups is 1. The van der Waals surface area contributed by atoms with Crippen LogP contribution in [-0.4, -0.2) is 48.1 Å². The number of likely N-dealkylation sites (tertiary alicyclic amines) is 1. The number of nitriles is 1. The maximum absolute atomic E-state index is 13.9. The quantitative estimate of drug-likeness (QED) is 0.336. The Morgan fingerprint density at radius 3 is 2.71 bits per heavy atom. The third-order valence-electron chi connectivity index (χ3n) is 6.98. The summed E-state index contributed by atoms with van der Waals surface area (Å²) in [7, 11) is 0. The molecule has 4 rings (SSSR count). The van der Waals surface area contributed by atoms with Crippen molar-refractivity contribution in [1.82, 2.24) is 15.2 Å². The molecule has 1 amide bonds. The molecule has 0 saturated carbocycles. The number of ether oxygens (including phenoxy) is 1. The first-order chi connectivity index (χ1) is 18.2. The van der Waals surface area contributed by atoms with Crippen LogP contribution in [0.3, 0.4) is 0 Å². The average Bonchev–Trinajstić information content (AvgIpc) is 2.90. The number of pyridine rings is 1. The average molecular weight is 537 g/mol. The van der Waals surface area contributed by atoms with Gasteiger partial charge in [0.05, 0.1) is 35.3 Å². The first-order valence-corrected chi connectivity index (χ1v) is 13.6. The second kappa shape index (κ2) is 12.6. The number of amides is 1. The number of hydrogen-bond acceptors (Lipinski definition) is 5. The number of nitrogens with one attached hydrogen (secondary N) is 1. The summed E-state index contributed by atoms with van der Waals surface area (Å²) in [5, 5.41) is 12.9. The lowest BCUT2D eigenvalue weighted by molar-refractivity contribution is -0.120. The topological polar surface area (TPSA) is 78.2 Å². The lowest BCUT2D eigenvalue weighted by Gasteiger charge is -2.28. The molecule has 6 nitrogen and oxygen atoms in total. The van der Waals surface area contributed by atoms with E-state index in [-0.39, 0.29) is 29.3 Å². The second-order valence-corrected chi connectivity index (χ2v) is 10.6. The minimum atomic E-state index is -0.500. The summed E-state index contributed by atoms with van der Waals surface area (Å²) in [6.07, 6.45) is 2.93. The summed E-state index contributed by atoms with van der Waals surface area (Å²) < 4.78 is 19.9. The number of halogens is 2. The molecule has 1 aliphatic rings. The normalized spacial score (nSPS) is 14.6. The molecule has 200 valence electrons. The first-order valence-electron chi connectivity index (χ1n) is 13.2. The van der Waals surface area contributed by atoms with Gasteiger partial charge in [-0.25, -0.2) is 9.37 Å².